The van der Waals surface area contributed by atoms with Crippen molar-refractivity contribution < 1.29 is 14.3 Å². The Morgan fingerprint density at radius 1 is 1.27 bits per heavy atom. The molecule has 8 nitrogen and oxygen atoms in total. The molecule has 26 heavy (non-hydrogen) atoms. The van der Waals surface area contributed by atoms with Gasteiger partial charge in [-0.2, -0.15) is 0 Å². The molecule has 0 fully saturated rings. The number of aromatic nitrogens is 3. The maximum atomic E-state index is 12.5. The number of ether oxygens (including phenoxy) is 1. The van der Waals surface area contributed by atoms with Gasteiger partial charge < -0.3 is 15.4 Å². The SMILES string of the molecule is C[C@H]1Oc2ccc(NC(=O)c3cccc(-n4ccnn4)c3)cc2NC1=O. The van der Waals surface area contributed by atoms with Crippen molar-refractivity contribution in [1.29, 1.82) is 0 Å². The lowest BCUT2D eigenvalue weighted by molar-refractivity contribution is -0.122. The Labute approximate surface area is 148 Å². The Morgan fingerprint density at radius 2 is 2.15 bits per heavy atom. The molecule has 2 heterocycles. The van der Waals surface area contributed by atoms with Crippen LogP contribution in [0.2, 0.25) is 0 Å². The molecule has 1 aliphatic rings. The Hall–Kier alpha value is -3.68. The van der Waals surface area contributed by atoms with Crippen LogP contribution in [0.15, 0.2) is 54.9 Å². The minimum Gasteiger partial charge on any atom is -0.479 e. The molecule has 1 atom stereocenters. The standard InChI is InChI=1S/C18H15N5O3/c1-11-17(24)21-15-10-13(5-6-16(15)26-11)20-18(25)12-3-2-4-14(9-12)23-8-7-19-22-23/h2-11H,1H3,(H,20,25)(H,21,24)/t11-/m1/s1. The maximum absolute atomic E-state index is 12.5. The summed E-state index contributed by atoms with van der Waals surface area (Å²) in [5.74, 6) is 0.0770. The zero-order valence-electron chi connectivity index (χ0n) is 13.8. The summed E-state index contributed by atoms with van der Waals surface area (Å²) in [6.07, 6.45) is 2.73. The van der Waals surface area contributed by atoms with E-state index in [1.165, 1.54) is 0 Å². The summed E-state index contributed by atoms with van der Waals surface area (Å²) < 4.78 is 7.08. The zero-order valence-corrected chi connectivity index (χ0v) is 13.8. The van der Waals surface area contributed by atoms with Gasteiger partial charge in [0.2, 0.25) is 0 Å². The fourth-order valence-corrected chi connectivity index (χ4v) is 2.63. The second-order valence-electron chi connectivity index (χ2n) is 5.81. The van der Waals surface area contributed by atoms with Gasteiger partial charge in [-0.1, -0.05) is 11.3 Å². The molecule has 1 aromatic heterocycles. The lowest BCUT2D eigenvalue weighted by Gasteiger charge is -2.23. The Kier molecular flexibility index (Phi) is 3.85. The average Bonchev–Trinajstić information content (AvgIpc) is 3.18. The highest BCUT2D eigenvalue weighted by Crippen LogP contribution is 2.32. The van der Waals surface area contributed by atoms with E-state index in [1.807, 2.05) is 6.07 Å². The van der Waals surface area contributed by atoms with Crippen molar-refractivity contribution in [2.24, 2.45) is 0 Å². The van der Waals surface area contributed by atoms with Gasteiger partial charge in [-0.25, -0.2) is 4.68 Å². The number of fused-ring (bicyclic) bond motifs is 1. The first kappa shape index (κ1) is 15.8. The number of anilines is 2. The molecule has 0 saturated carbocycles. The summed E-state index contributed by atoms with van der Waals surface area (Å²) >= 11 is 0. The van der Waals surface area contributed by atoms with E-state index in [1.54, 1.807) is 60.4 Å². The van der Waals surface area contributed by atoms with Gasteiger partial charge in [0.05, 0.1) is 23.8 Å². The van der Waals surface area contributed by atoms with E-state index >= 15 is 0 Å². The summed E-state index contributed by atoms with van der Waals surface area (Å²) in [6.45, 7) is 1.68. The molecular weight excluding hydrogens is 334 g/mol. The zero-order chi connectivity index (χ0) is 18.1. The molecular formula is C18H15N5O3. The van der Waals surface area contributed by atoms with Crippen molar-refractivity contribution in [2.45, 2.75) is 13.0 Å². The van der Waals surface area contributed by atoms with Gasteiger partial charge in [0, 0.05) is 11.3 Å². The smallest absolute Gasteiger partial charge is 0.265 e. The molecule has 2 aromatic carbocycles. The van der Waals surface area contributed by atoms with E-state index in [0.717, 1.165) is 5.69 Å². The van der Waals surface area contributed by atoms with Crippen LogP contribution in [0.4, 0.5) is 11.4 Å². The number of nitrogens with one attached hydrogen (secondary N) is 2. The van der Waals surface area contributed by atoms with Crippen molar-refractivity contribution in [3.05, 3.63) is 60.4 Å². The highest BCUT2D eigenvalue weighted by atomic mass is 16.5. The van der Waals surface area contributed by atoms with Crippen LogP contribution in [0.25, 0.3) is 5.69 Å². The highest BCUT2D eigenvalue weighted by molar-refractivity contribution is 6.05. The third kappa shape index (κ3) is 3.00. The topological polar surface area (TPSA) is 98.1 Å². The maximum Gasteiger partial charge on any atom is 0.265 e. The number of hydrogen-bond donors (Lipinski definition) is 2. The molecule has 0 aliphatic carbocycles. The van der Waals surface area contributed by atoms with E-state index in [9.17, 15) is 9.59 Å². The van der Waals surface area contributed by atoms with E-state index in [0.29, 0.717) is 22.7 Å². The van der Waals surface area contributed by atoms with E-state index in [4.69, 9.17) is 4.74 Å². The molecule has 0 saturated heterocycles. The van der Waals surface area contributed by atoms with E-state index in [-0.39, 0.29) is 11.8 Å². The molecule has 1 aliphatic heterocycles. The first-order valence-electron chi connectivity index (χ1n) is 8.00. The molecule has 2 N–H and O–H groups in total. The van der Waals surface area contributed by atoms with Gasteiger partial charge >= 0.3 is 0 Å². The van der Waals surface area contributed by atoms with Gasteiger partial charge in [0.25, 0.3) is 11.8 Å². The van der Waals surface area contributed by atoms with Gasteiger partial charge in [-0.15, -0.1) is 5.10 Å². The molecule has 2 amide bonds. The van der Waals surface area contributed by atoms with Crippen molar-refractivity contribution in [3.8, 4) is 11.4 Å². The van der Waals surface area contributed by atoms with Crippen LogP contribution < -0.4 is 15.4 Å². The third-order valence-corrected chi connectivity index (χ3v) is 3.96. The van der Waals surface area contributed by atoms with Crippen LogP contribution in [0.3, 0.4) is 0 Å². The fraction of sp³-hybridized carbons (Fsp3) is 0.111. The molecule has 0 spiro atoms. The normalized spacial score (nSPS) is 15.6. The number of amides is 2. The second-order valence-corrected chi connectivity index (χ2v) is 5.81. The number of hydrogen-bond acceptors (Lipinski definition) is 5. The summed E-state index contributed by atoms with van der Waals surface area (Å²) in [6, 6.07) is 12.1. The van der Waals surface area contributed by atoms with Crippen LogP contribution >= 0.6 is 0 Å². The third-order valence-electron chi connectivity index (χ3n) is 3.96. The van der Waals surface area contributed by atoms with Crippen molar-refractivity contribution in [2.75, 3.05) is 10.6 Å². The summed E-state index contributed by atoms with van der Waals surface area (Å²) in [4.78, 5) is 24.3. The molecule has 4 rings (SSSR count). The molecule has 8 heteroatoms. The second kappa shape index (κ2) is 6.32. The molecule has 0 bridgehead atoms. The first-order chi connectivity index (χ1) is 12.6. The summed E-state index contributed by atoms with van der Waals surface area (Å²) in [5.41, 5.74) is 2.29. The van der Waals surface area contributed by atoms with Crippen LogP contribution in [-0.2, 0) is 4.79 Å². The van der Waals surface area contributed by atoms with Crippen molar-refractivity contribution in [1.82, 2.24) is 15.0 Å². The number of rotatable bonds is 3. The lowest BCUT2D eigenvalue weighted by atomic mass is 10.1. The Balaban J connectivity index is 1.55. The van der Waals surface area contributed by atoms with Crippen LogP contribution in [0.5, 0.6) is 5.75 Å². The van der Waals surface area contributed by atoms with Gasteiger partial charge in [0.1, 0.15) is 5.75 Å². The highest BCUT2D eigenvalue weighted by Gasteiger charge is 2.23. The van der Waals surface area contributed by atoms with Crippen LogP contribution in [0.1, 0.15) is 17.3 Å². The van der Waals surface area contributed by atoms with E-state index in [2.05, 4.69) is 20.9 Å². The predicted octanol–water partition coefficient (Wildman–Crippen LogP) is 2.24. The number of benzene rings is 2. The summed E-state index contributed by atoms with van der Waals surface area (Å²) in [7, 11) is 0. The van der Waals surface area contributed by atoms with Gasteiger partial charge in [0.15, 0.2) is 6.10 Å². The van der Waals surface area contributed by atoms with Crippen molar-refractivity contribution >= 4 is 23.2 Å². The quantitative estimate of drug-likeness (QED) is 0.756. The number of carbonyl (C=O) groups excluding carboxylic acids is 2. The molecule has 130 valence electrons. The fourth-order valence-electron chi connectivity index (χ4n) is 2.63. The molecule has 3 aromatic rings. The molecule has 0 radical (unpaired) electrons. The number of nitrogens with zero attached hydrogens (tertiary/aromatic N) is 3. The largest absolute Gasteiger partial charge is 0.479 e. The van der Waals surface area contributed by atoms with Crippen LogP contribution in [-0.4, -0.2) is 32.9 Å². The average molecular weight is 349 g/mol. The van der Waals surface area contributed by atoms with Crippen molar-refractivity contribution in [3.63, 3.8) is 0 Å². The minimum atomic E-state index is -0.539. The Bertz CT molecular complexity index is 984. The van der Waals surface area contributed by atoms with Crippen LogP contribution in [0, 0.1) is 0 Å². The molecule has 0 unspecified atom stereocenters. The van der Waals surface area contributed by atoms with Gasteiger partial charge in [-0.05, 0) is 43.3 Å². The monoisotopic (exact) mass is 349 g/mol. The summed E-state index contributed by atoms with van der Waals surface area (Å²) in [5, 5.41) is 13.2. The predicted molar refractivity (Wildman–Crippen MR) is 94.5 cm³/mol. The van der Waals surface area contributed by atoms with E-state index < -0.39 is 6.10 Å². The lowest BCUT2D eigenvalue weighted by Crippen LogP contribution is -2.34. The first-order valence-corrected chi connectivity index (χ1v) is 8.00. The van der Waals surface area contributed by atoms with Gasteiger partial charge in [-0.3, -0.25) is 9.59 Å². The number of carbonyl (C=O) groups is 2. The Morgan fingerprint density at radius 3 is 2.96 bits per heavy atom. The minimum absolute atomic E-state index is 0.221.